The number of nitrogens with zero attached hydrogens (tertiary/aromatic N) is 2. The second-order valence-corrected chi connectivity index (χ2v) is 6.92. The molecule has 0 fully saturated rings. The van der Waals surface area contributed by atoms with Crippen molar-refractivity contribution in [1.29, 1.82) is 0 Å². The molecule has 2 aromatic carbocycles. The standard InChI is InChI=1S/C19H20N4/c1-19(2,11-17-20-13-7-3-4-8-14(13)21-17)12-18-22-15-9-5-6-10-16(15)23-18/h3-10H,11-12H2,1-2H3,(H,20,21)(H,22,23). The molecule has 23 heavy (non-hydrogen) atoms. The van der Waals surface area contributed by atoms with Crippen LogP contribution in [0.3, 0.4) is 0 Å². The van der Waals surface area contributed by atoms with Gasteiger partial charge in [-0.2, -0.15) is 0 Å². The maximum atomic E-state index is 4.70. The van der Waals surface area contributed by atoms with Crippen LogP contribution in [0.4, 0.5) is 0 Å². The first kappa shape index (κ1) is 14.0. The van der Waals surface area contributed by atoms with Crippen LogP contribution in [0, 0.1) is 5.41 Å². The maximum absolute atomic E-state index is 4.70. The fourth-order valence-electron chi connectivity index (χ4n) is 3.15. The Labute approximate surface area is 135 Å². The van der Waals surface area contributed by atoms with Gasteiger partial charge in [0.15, 0.2) is 0 Å². The summed E-state index contributed by atoms with van der Waals surface area (Å²) in [7, 11) is 0. The molecule has 2 aromatic heterocycles. The van der Waals surface area contributed by atoms with E-state index < -0.39 is 0 Å². The minimum atomic E-state index is 0.0712. The first-order valence-corrected chi connectivity index (χ1v) is 7.96. The monoisotopic (exact) mass is 304 g/mol. The van der Waals surface area contributed by atoms with Gasteiger partial charge < -0.3 is 9.97 Å². The van der Waals surface area contributed by atoms with Crippen molar-refractivity contribution in [2.24, 2.45) is 5.41 Å². The van der Waals surface area contributed by atoms with E-state index in [0.717, 1.165) is 46.6 Å². The zero-order valence-corrected chi connectivity index (χ0v) is 13.4. The predicted molar refractivity (Wildman–Crippen MR) is 93.4 cm³/mol. The minimum Gasteiger partial charge on any atom is -0.342 e. The molecule has 0 bridgehead atoms. The summed E-state index contributed by atoms with van der Waals surface area (Å²) in [5.41, 5.74) is 4.33. The largest absolute Gasteiger partial charge is 0.342 e. The van der Waals surface area contributed by atoms with E-state index in [1.165, 1.54) is 0 Å². The van der Waals surface area contributed by atoms with Crippen LogP contribution in [0.1, 0.15) is 25.5 Å². The average Bonchev–Trinajstić information content (AvgIpc) is 3.07. The van der Waals surface area contributed by atoms with Crippen LogP contribution in [0.5, 0.6) is 0 Å². The molecular weight excluding hydrogens is 284 g/mol. The summed E-state index contributed by atoms with van der Waals surface area (Å²) in [6.45, 7) is 4.51. The van der Waals surface area contributed by atoms with Gasteiger partial charge in [-0.3, -0.25) is 0 Å². The summed E-state index contributed by atoms with van der Waals surface area (Å²) in [6, 6.07) is 16.3. The Morgan fingerprint density at radius 1 is 0.739 bits per heavy atom. The van der Waals surface area contributed by atoms with Gasteiger partial charge in [-0.25, -0.2) is 9.97 Å². The number of hydrogen-bond acceptors (Lipinski definition) is 2. The topological polar surface area (TPSA) is 57.4 Å². The first-order chi connectivity index (χ1) is 11.1. The number of H-pyrrole nitrogens is 2. The molecule has 2 heterocycles. The van der Waals surface area contributed by atoms with Gasteiger partial charge in [0.2, 0.25) is 0 Å². The number of para-hydroxylation sites is 4. The quantitative estimate of drug-likeness (QED) is 0.592. The summed E-state index contributed by atoms with van der Waals surface area (Å²) in [5, 5.41) is 0. The highest BCUT2D eigenvalue weighted by molar-refractivity contribution is 5.75. The fraction of sp³-hybridized carbons (Fsp3) is 0.263. The lowest BCUT2D eigenvalue weighted by Gasteiger charge is -2.22. The van der Waals surface area contributed by atoms with Crippen molar-refractivity contribution in [3.63, 3.8) is 0 Å². The van der Waals surface area contributed by atoms with Crippen LogP contribution in [0.2, 0.25) is 0 Å². The average molecular weight is 304 g/mol. The van der Waals surface area contributed by atoms with E-state index >= 15 is 0 Å². The molecule has 0 saturated heterocycles. The summed E-state index contributed by atoms with van der Waals surface area (Å²) in [6.07, 6.45) is 1.78. The highest BCUT2D eigenvalue weighted by atomic mass is 14.9. The molecular formula is C19H20N4. The van der Waals surface area contributed by atoms with Crippen molar-refractivity contribution in [3.8, 4) is 0 Å². The normalized spacial score (nSPS) is 12.3. The van der Waals surface area contributed by atoms with E-state index in [1.54, 1.807) is 0 Å². The van der Waals surface area contributed by atoms with E-state index in [9.17, 15) is 0 Å². The molecule has 0 aliphatic carbocycles. The Bertz CT molecular complexity index is 818. The highest BCUT2D eigenvalue weighted by Gasteiger charge is 2.23. The summed E-state index contributed by atoms with van der Waals surface area (Å²) in [4.78, 5) is 16.2. The highest BCUT2D eigenvalue weighted by Crippen LogP contribution is 2.26. The number of aromatic amines is 2. The molecule has 0 aliphatic rings. The van der Waals surface area contributed by atoms with Crippen LogP contribution >= 0.6 is 0 Å². The Morgan fingerprint density at radius 3 is 1.61 bits per heavy atom. The first-order valence-electron chi connectivity index (χ1n) is 7.96. The van der Waals surface area contributed by atoms with Crippen molar-refractivity contribution < 1.29 is 0 Å². The number of fused-ring (bicyclic) bond motifs is 2. The molecule has 4 nitrogen and oxygen atoms in total. The Balaban J connectivity index is 1.56. The van der Waals surface area contributed by atoms with Crippen LogP contribution < -0.4 is 0 Å². The fourth-order valence-corrected chi connectivity index (χ4v) is 3.15. The van der Waals surface area contributed by atoms with Crippen molar-refractivity contribution >= 4 is 22.1 Å². The van der Waals surface area contributed by atoms with Crippen molar-refractivity contribution in [1.82, 2.24) is 19.9 Å². The van der Waals surface area contributed by atoms with Gasteiger partial charge in [-0.05, 0) is 29.7 Å². The molecule has 0 unspecified atom stereocenters. The Hall–Kier alpha value is -2.62. The third-order valence-corrected chi connectivity index (χ3v) is 4.17. The predicted octanol–water partition coefficient (Wildman–Crippen LogP) is 4.25. The molecule has 4 rings (SSSR count). The number of imidazole rings is 2. The summed E-state index contributed by atoms with van der Waals surface area (Å²) >= 11 is 0. The summed E-state index contributed by atoms with van der Waals surface area (Å²) < 4.78 is 0. The number of rotatable bonds is 4. The molecule has 4 aromatic rings. The molecule has 0 atom stereocenters. The molecule has 0 aliphatic heterocycles. The lowest BCUT2D eigenvalue weighted by Crippen LogP contribution is -2.20. The number of hydrogen-bond donors (Lipinski definition) is 2. The third kappa shape index (κ3) is 2.84. The Morgan fingerprint density at radius 2 is 1.17 bits per heavy atom. The Kier molecular flexibility index (Phi) is 3.18. The lowest BCUT2D eigenvalue weighted by molar-refractivity contribution is 0.347. The SMILES string of the molecule is CC(C)(Cc1nc2ccccc2[nH]1)Cc1nc2ccccc2[nH]1. The lowest BCUT2D eigenvalue weighted by atomic mass is 9.85. The van der Waals surface area contributed by atoms with Crippen molar-refractivity contribution in [2.75, 3.05) is 0 Å². The van der Waals surface area contributed by atoms with Gasteiger partial charge >= 0.3 is 0 Å². The zero-order chi connectivity index (χ0) is 15.9. The van der Waals surface area contributed by atoms with Crippen molar-refractivity contribution in [3.05, 3.63) is 60.2 Å². The van der Waals surface area contributed by atoms with Gasteiger partial charge in [-0.15, -0.1) is 0 Å². The third-order valence-electron chi connectivity index (χ3n) is 4.17. The van der Waals surface area contributed by atoms with E-state index in [2.05, 4.69) is 35.9 Å². The molecule has 116 valence electrons. The summed E-state index contributed by atoms with van der Waals surface area (Å²) in [5.74, 6) is 2.07. The second-order valence-electron chi connectivity index (χ2n) is 6.92. The maximum Gasteiger partial charge on any atom is 0.107 e. The van der Waals surface area contributed by atoms with Gasteiger partial charge in [0, 0.05) is 12.8 Å². The van der Waals surface area contributed by atoms with E-state index in [1.807, 2.05) is 36.4 Å². The van der Waals surface area contributed by atoms with Gasteiger partial charge in [0.25, 0.3) is 0 Å². The zero-order valence-electron chi connectivity index (χ0n) is 13.4. The van der Waals surface area contributed by atoms with Gasteiger partial charge in [0.05, 0.1) is 22.1 Å². The number of nitrogens with one attached hydrogen (secondary N) is 2. The molecule has 0 radical (unpaired) electrons. The molecule has 0 amide bonds. The van der Waals surface area contributed by atoms with Gasteiger partial charge in [-0.1, -0.05) is 38.1 Å². The minimum absolute atomic E-state index is 0.0712. The van der Waals surface area contributed by atoms with Crippen LogP contribution in [0.15, 0.2) is 48.5 Å². The second kappa shape index (κ2) is 5.23. The van der Waals surface area contributed by atoms with E-state index in [0.29, 0.717) is 0 Å². The molecule has 0 spiro atoms. The number of benzene rings is 2. The van der Waals surface area contributed by atoms with Crippen LogP contribution in [-0.4, -0.2) is 19.9 Å². The van der Waals surface area contributed by atoms with E-state index in [-0.39, 0.29) is 5.41 Å². The van der Waals surface area contributed by atoms with E-state index in [4.69, 9.17) is 9.97 Å². The number of aromatic nitrogens is 4. The molecule has 2 N–H and O–H groups in total. The van der Waals surface area contributed by atoms with Crippen molar-refractivity contribution in [2.45, 2.75) is 26.7 Å². The smallest absolute Gasteiger partial charge is 0.107 e. The van der Waals surface area contributed by atoms with Crippen LogP contribution in [0.25, 0.3) is 22.1 Å². The van der Waals surface area contributed by atoms with Gasteiger partial charge in [0.1, 0.15) is 11.6 Å². The van der Waals surface area contributed by atoms with Crippen LogP contribution in [-0.2, 0) is 12.8 Å². The molecule has 0 saturated carbocycles. The molecule has 4 heteroatoms.